The number of ketones is 1. The predicted molar refractivity (Wildman–Crippen MR) is 100 cm³/mol. The molecule has 3 rings (SSSR count). The molecular weight excluding hydrogens is 312 g/mol. The SMILES string of the molecule is CC(=O)C1(CCCc2ccccc2)CCCN(c2ccnc(N)n2)C1. The molecule has 132 valence electrons. The molecule has 0 saturated carbocycles. The molecule has 1 fully saturated rings. The van der Waals surface area contributed by atoms with Gasteiger partial charge in [-0.05, 0) is 50.7 Å². The van der Waals surface area contributed by atoms with Crippen LogP contribution in [0.15, 0.2) is 42.6 Å². The Bertz CT molecular complexity index is 719. The average molecular weight is 338 g/mol. The summed E-state index contributed by atoms with van der Waals surface area (Å²) in [5.41, 5.74) is 6.77. The van der Waals surface area contributed by atoms with Crippen molar-refractivity contribution in [1.82, 2.24) is 9.97 Å². The van der Waals surface area contributed by atoms with E-state index in [1.165, 1.54) is 5.56 Å². The van der Waals surface area contributed by atoms with Crippen molar-refractivity contribution in [2.24, 2.45) is 5.41 Å². The number of nitrogens with two attached hydrogens (primary N) is 1. The van der Waals surface area contributed by atoms with Crippen molar-refractivity contribution >= 4 is 17.5 Å². The zero-order valence-electron chi connectivity index (χ0n) is 14.8. The highest BCUT2D eigenvalue weighted by atomic mass is 16.1. The maximum absolute atomic E-state index is 12.5. The van der Waals surface area contributed by atoms with Gasteiger partial charge in [-0.15, -0.1) is 0 Å². The molecule has 0 spiro atoms. The summed E-state index contributed by atoms with van der Waals surface area (Å²) < 4.78 is 0. The quantitative estimate of drug-likeness (QED) is 0.875. The Morgan fingerprint density at radius 2 is 2.08 bits per heavy atom. The summed E-state index contributed by atoms with van der Waals surface area (Å²) in [7, 11) is 0. The van der Waals surface area contributed by atoms with E-state index < -0.39 is 0 Å². The second-order valence-corrected chi connectivity index (χ2v) is 6.97. The maximum atomic E-state index is 12.5. The van der Waals surface area contributed by atoms with Crippen LogP contribution in [0, 0.1) is 5.41 Å². The van der Waals surface area contributed by atoms with Gasteiger partial charge >= 0.3 is 0 Å². The van der Waals surface area contributed by atoms with E-state index >= 15 is 0 Å². The number of aromatic nitrogens is 2. The lowest BCUT2D eigenvalue weighted by atomic mass is 9.73. The van der Waals surface area contributed by atoms with Gasteiger partial charge in [0.1, 0.15) is 11.6 Å². The molecule has 0 amide bonds. The molecule has 1 atom stereocenters. The number of nitrogen functional groups attached to an aromatic ring is 1. The van der Waals surface area contributed by atoms with Crippen LogP contribution >= 0.6 is 0 Å². The topological polar surface area (TPSA) is 72.1 Å². The van der Waals surface area contributed by atoms with E-state index in [9.17, 15) is 4.79 Å². The summed E-state index contributed by atoms with van der Waals surface area (Å²) in [5, 5.41) is 0. The first-order valence-electron chi connectivity index (χ1n) is 8.97. The van der Waals surface area contributed by atoms with Crippen molar-refractivity contribution in [1.29, 1.82) is 0 Å². The minimum Gasteiger partial charge on any atom is -0.368 e. The third-order valence-corrected chi connectivity index (χ3v) is 5.27. The molecule has 25 heavy (non-hydrogen) atoms. The van der Waals surface area contributed by atoms with Crippen molar-refractivity contribution in [3.05, 3.63) is 48.2 Å². The second kappa shape index (κ2) is 7.64. The lowest BCUT2D eigenvalue weighted by Gasteiger charge is -2.42. The first-order valence-corrected chi connectivity index (χ1v) is 8.97. The van der Waals surface area contributed by atoms with E-state index in [2.05, 4.69) is 39.1 Å². The highest BCUT2D eigenvalue weighted by Gasteiger charge is 2.39. The van der Waals surface area contributed by atoms with Crippen molar-refractivity contribution in [3.8, 4) is 0 Å². The zero-order chi connectivity index (χ0) is 17.7. The Hall–Kier alpha value is -2.43. The molecule has 5 heteroatoms. The smallest absolute Gasteiger partial charge is 0.221 e. The number of hydrogen-bond donors (Lipinski definition) is 1. The van der Waals surface area contributed by atoms with E-state index in [0.29, 0.717) is 6.54 Å². The minimum absolute atomic E-state index is 0.278. The third-order valence-electron chi connectivity index (χ3n) is 5.27. The summed E-state index contributed by atoms with van der Waals surface area (Å²) in [4.78, 5) is 23.0. The Balaban J connectivity index is 1.69. The summed E-state index contributed by atoms with van der Waals surface area (Å²) in [5.74, 6) is 1.38. The van der Waals surface area contributed by atoms with Crippen molar-refractivity contribution in [2.75, 3.05) is 23.7 Å². The molecule has 1 saturated heterocycles. The van der Waals surface area contributed by atoms with Crippen LogP contribution < -0.4 is 10.6 Å². The number of anilines is 2. The van der Waals surface area contributed by atoms with Gasteiger partial charge in [-0.3, -0.25) is 4.79 Å². The van der Waals surface area contributed by atoms with Gasteiger partial charge in [0.25, 0.3) is 0 Å². The van der Waals surface area contributed by atoms with Crippen LogP contribution in [0.5, 0.6) is 0 Å². The first-order chi connectivity index (χ1) is 12.1. The normalized spacial score (nSPS) is 20.4. The molecular formula is C20H26N4O. The van der Waals surface area contributed by atoms with Crippen LogP contribution in [0.25, 0.3) is 0 Å². The number of rotatable bonds is 6. The molecule has 1 unspecified atom stereocenters. The number of carbonyl (C=O) groups excluding carboxylic acids is 1. The minimum atomic E-state index is -0.285. The van der Waals surface area contributed by atoms with E-state index in [1.807, 2.05) is 12.1 Å². The number of nitrogens with zero attached hydrogens (tertiary/aromatic N) is 3. The second-order valence-electron chi connectivity index (χ2n) is 6.97. The molecule has 2 aromatic rings. The average Bonchev–Trinajstić information content (AvgIpc) is 2.63. The van der Waals surface area contributed by atoms with E-state index in [1.54, 1.807) is 13.1 Å². The fourth-order valence-electron chi connectivity index (χ4n) is 3.81. The molecule has 0 aliphatic carbocycles. The Morgan fingerprint density at radius 3 is 2.80 bits per heavy atom. The zero-order valence-corrected chi connectivity index (χ0v) is 14.8. The lowest BCUT2D eigenvalue weighted by molar-refractivity contribution is -0.127. The Morgan fingerprint density at radius 1 is 1.28 bits per heavy atom. The van der Waals surface area contributed by atoms with Gasteiger partial charge in [0.05, 0.1) is 0 Å². The highest BCUT2D eigenvalue weighted by molar-refractivity contribution is 5.83. The molecule has 0 radical (unpaired) electrons. The van der Waals surface area contributed by atoms with Crippen LogP contribution in [-0.4, -0.2) is 28.8 Å². The predicted octanol–water partition coefficient (Wildman–Crippen LogP) is 3.26. The molecule has 0 bridgehead atoms. The number of benzene rings is 1. The Kier molecular flexibility index (Phi) is 5.31. The van der Waals surface area contributed by atoms with Crippen LogP contribution in [-0.2, 0) is 11.2 Å². The van der Waals surface area contributed by atoms with Gasteiger partial charge in [0.15, 0.2) is 0 Å². The van der Waals surface area contributed by atoms with Gasteiger partial charge in [0, 0.05) is 24.7 Å². The van der Waals surface area contributed by atoms with Crippen LogP contribution in [0.1, 0.15) is 38.2 Å². The van der Waals surface area contributed by atoms with Gasteiger partial charge in [-0.25, -0.2) is 4.98 Å². The molecule has 1 aromatic carbocycles. The van der Waals surface area contributed by atoms with Crippen LogP contribution in [0.3, 0.4) is 0 Å². The molecule has 1 aliphatic rings. The summed E-state index contributed by atoms with van der Waals surface area (Å²) >= 11 is 0. The molecule has 1 aromatic heterocycles. The summed E-state index contributed by atoms with van der Waals surface area (Å²) in [6.45, 7) is 3.36. The number of hydrogen-bond acceptors (Lipinski definition) is 5. The number of aryl methyl sites for hydroxylation is 1. The molecule has 5 nitrogen and oxygen atoms in total. The van der Waals surface area contributed by atoms with E-state index in [-0.39, 0.29) is 17.1 Å². The molecule has 2 heterocycles. The van der Waals surface area contributed by atoms with Gasteiger partial charge in [-0.1, -0.05) is 30.3 Å². The largest absolute Gasteiger partial charge is 0.368 e. The van der Waals surface area contributed by atoms with E-state index in [0.717, 1.165) is 44.5 Å². The fraction of sp³-hybridized carbons (Fsp3) is 0.450. The maximum Gasteiger partial charge on any atom is 0.221 e. The number of carbonyl (C=O) groups is 1. The van der Waals surface area contributed by atoms with Gasteiger partial charge < -0.3 is 10.6 Å². The van der Waals surface area contributed by atoms with Crippen LogP contribution in [0.4, 0.5) is 11.8 Å². The van der Waals surface area contributed by atoms with Crippen molar-refractivity contribution in [3.63, 3.8) is 0 Å². The third kappa shape index (κ3) is 4.16. The molecule has 2 N–H and O–H groups in total. The lowest BCUT2D eigenvalue weighted by Crippen LogP contribution is -2.47. The first kappa shape index (κ1) is 17.4. The number of Topliss-reactive ketones (excluding diaryl/α,β-unsaturated/α-hetero) is 1. The monoisotopic (exact) mass is 338 g/mol. The molecule has 1 aliphatic heterocycles. The highest BCUT2D eigenvalue weighted by Crippen LogP contribution is 2.37. The summed E-state index contributed by atoms with van der Waals surface area (Å²) in [6, 6.07) is 12.3. The van der Waals surface area contributed by atoms with Crippen molar-refractivity contribution in [2.45, 2.75) is 39.0 Å². The fourth-order valence-corrected chi connectivity index (χ4v) is 3.81. The summed E-state index contributed by atoms with van der Waals surface area (Å²) in [6.07, 6.45) is 6.56. The van der Waals surface area contributed by atoms with Gasteiger partial charge in [-0.2, -0.15) is 4.98 Å². The van der Waals surface area contributed by atoms with Crippen LogP contribution in [0.2, 0.25) is 0 Å². The Labute approximate surface area is 149 Å². The van der Waals surface area contributed by atoms with E-state index in [4.69, 9.17) is 5.73 Å². The standard InChI is InChI=1S/C20H26N4O/c1-16(25)20(11-5-9-17-7-3-2-4-8-17)12-6-14-24(15-20)18-10-13-22-19(21)23-18/h2-4,7-8,10,13H,5-6,9,11-12,14-15H2,1H3,(H2,21,22,23). The van der Waals surface area contributed by atoms with Gasteiger partial charge in [0.2, 0.25) is 5.95 Å². The number of piperidine rings is 1. The van der Waals surface area contributed by atoms with Crippen molar-refractivity contribution < 1.29 is 4.79 Å².